The fourth-order valence-electron chi connectivity index (χ4n) is 1.58. The molecule has 0 aromatic carbocycles. The minimum atomic E-state index is -0.00984. The van der Waals surface area contributed by atoms with Gasteiger partial charge in [-0.1, -0.05) is 0 Å². The van der Waals surface area contributed by atoms with Gasteiger partial charge in [-0.05, 0) is 25.7 Å². The third-order valence-electron chi connectivity index (χ3n) is 2.99. The number of amides is 2. The fraction of sp³-hybridized carbons (Fsp3) is 0.818. The molecule has 0 atom stereocenters. The maximum Gasteiger partial charge on any atom is 0.236 e. The molecular weight excluding hydrogens is 206 g/mol. The van der Waals surface area contributed by atoms with Crippen molar-refractivity contribution in [2.75, 3.05) is 20.1 Å². The van der Waals surface area contributed by atoms with Gasteiger partial charge < -0.3 is 10.2 Å². The molecule has 0 spiro atoms. The summed E-state index contributed by atoms with van der Waals surface area (Å²) in [6.07, 6.45) is 4.42. The molecule has 2 aliphatic carbocycles. The lowest BCUT2D eigenvalue weighted by Gasteiger charge is -2.16. The number of hydrogen-bond donors (Lipinski definition) is 2. The Morgan fingerprint density at radius 3 is 2.44 bits per heavy atom. The van der Waals surface area contributed by atoms with Gasteiger partial charge in [0.15, 0.2) is 0 Å². The van der Waals surface area contributed by atoms with Gasteiger partial charge in [0.05, 0.1) is 13.1 Å². The predicted molar refractivity (Wildman–Crippen MR) is 59.8 cm³/mol. The van der Waals surface area contributed by atoms with Gasteiger partial charge >= 0.3 is 0 Å². The highest BCUT2D eigenvalue weighted by Gasteiger charge is 2.29. The van der Waals surface area contributed by atoms with E-state index in [2.05, 4.69) is 10.6 Å². The first-order chi connectivity index (χ1) is 7.66. The molecule has 2 rings (SSSR count). The predicted octanol–water partition coefficient (Wildman–Crippen LogP) is -0.525. The Morgan fingerprint density at radius 2 is 1.88 bits per heavy atom. The van der Waals surface area contributed by atoms with Crippen molar-refractivity contribution in [3.8, 4) is 0 Å². The van der Waals surface area contributed by atoms with Crippen molar-refractivity contribution in [2.24, 2.45) is 0 Å². The Bertz CT molecular complexity index is 285. The Balaban J connectivity index is 1.55. The number of nitrogens with zero attached hydrogens (tertiary/aromatic N) is 1. The van der Waals surface area contributed by atoms with Crippen molar-refractivity contribution in [3.05, 3.63) is 0 Å². The monoisotopic (exact) mass is 225 g/mol. The molecule has 2 amide bonds. The molecule has 2 fully saturated rings. The van der Waals surface area contributed by atoms with Crippen molar-refractivity contribution in [1.82, 2.24) is 15.5 Å². The molecule has 0 unspecified atom stereocenters. The molecule has 0 radical (unpaired) electrons. The summed E-state index contributed by atoms with van der Waals surface area (Å²) in [7, 11) is 1.83. The maximum atomic E-state index is 11.6. The number of likely N-dealkylation sites (N-methyl/N-ethyl adjacent to an activating group) is 1. The van der Waals surface area contributed by atoms with Crippen LogP contribution in [-0.4, -0.2) is 48.9 Å². The summed E-state index contributed by atoms with van der Waals surface area (Å²) >= 11 is 0. The van der Waals surface area contributed by atoms with Gasteiger partial charge in [0.2, 0.25) is 11.8 Å². The fourth-order valence-corrected chi connectivity index (χ4v) is 1.58. The van der Waals surface area contributed by atoms with Crippen LogP contribution in [0.2, 0.25) is 0 Å². The summed E-state index contributed by atoms with van der Waals surface area (Å²) in [4.78, 5) is 24.6. The summed E-state index contributed by atoms with van der Waals surface area (Å²) in [5.41, 5.74) is 0. The second kappa shape index (κ2) is 4.82. The molecule has 16 heavy (non-hydrogen) atoms. The minimum absolute atomic E-state index is 0.00984. The van der Waals surface area contributed by atoms with Crippen molar-refractivity contribution in [2.45, 2.75) is 37.8 Å². The third-order valence-corrected chi connectivity index (χ3v) is 2.99. The smallest absolute Gasteiger partial charge is 0.236 e. The number of carbonyl (C=O) groups excluding carboxylic acids is 2. The Labute approximate surface area is 95.6 Å². The van der Waals surface area contributed by atoms with Crippen LogP contribution in [0.3, 0.4) is 0 Å². The van der Waals surface area contributed by atoms with E-state index >= 15 is 0 Å². The number of hydrogen-bond acceptors (Lipinski definition) is 3. The largest absolute Gasteiger partial charge is 0.352 e. The first kappa shape index (κ1) is 11.4. The summed E-state index contributed by atoms with van der Waals surface area (Å²) in [5.74, 6) is 0.0612. The molecule has 0 saturated heterocycles. The lowest BCUT2D eigenvalue weighted by Crippen LogP contribution is -2.41. The van der Waals surface area contributed by atoms with E-state index in [1.807, 2.05) is 7.05 Å². The first-order valence-electron chi connectivity index (χ1n) is 5.92. The molecule has 5 heteroatoms. The number of carbonyl (C=O) groups is 2. The van der Waals surface area contributed by atoms with Gasteiger partial charge in [0.1, 0.15) is 0 Å². The van der Waals surface area contributed by atoms with Gasteiger partial charge in [0.25, 0.3) is 0 Å². The van der Waals surface area contributed by atoms with E-state index in [1.54, 1.807) is 4.90 Å². The molecule has 0 heterocycles. The van der Waals surface area contributed by atoms with Crippen LogP contribution in [0.25, 0.3) is 0 Å². The Morgan fingerprint density at radius 1 is 1.19 bits per heavy atom. The van der Waals surface area contributed by atoms with Crippen molar-refractivity contribution in [3.63, 3.8) is 0 Å². The number of rotatable bonds is 6. The van der Waals surface area contributed by atoms with Crippen molar-refractivity contribution in [1.29, 1.82) is 0 Å². The molecule has 2 aliphatic rings. The van der Waals surface area contributed by atoms with Crippen LogP contribution in [0.1, 0.15) is 25.7 Å². The molecule has 0 aromatic heterocycles. The highest BCUT2D eigenvalue weighted by atomic mass is 16.2. The highest BCUT2D eigenvalue weighted by Crippen LogP contribution is 2.25. The average Bonchev–Trinajstić information content (AvgIpc) is 3.09. The molecule has 90 valence electrons. The molecule has 5 nitrogen and oxygen atoms in total. The quantitative estimate of drug-likeness (QED) is 0.639. The Hall–Kier alpha value is -1.10. The van der Waals surface area contributed by atoms with E-state index < -0.39 is 0 Å². The zero-order valence-electron chi connectivity index (χ0n) is 9.66. The molecule has 2 N–H and O–H groups in total. The lowest BCUT2D eigenvalue weighted by molar-refractivity contribution is -0.129. The van der Waals surface area contributed by atoms with Gasteiger partial charge in [-0.15, -0.1) is 0 Å². The van der Waals surface area contributed by atoms with Gasteiger partial charge in [-0.25, -0.2) is 0 Å². The van der Waals surface area contributed by atoms with Crippen LogP contribution >= 0.6 is 0 Å². The zero-order chi connectivity index (χ0) is 11.5. The highest BCUT2D eigenvalue weighted by molar-refractivity contribution is 5.81. The van der Waals surface area contributed by atoms with Gasteiger partial charge in [-0.3, -0.25) is 14.9 Å². The van der Waals surface area contributed by atoms with E-state index in [0.717, 1.165) is 25.7 Å². The lowest BCUT2D eigenvalue weighted by atomic mass is 10.4. The summed E-state index contributed by atoms with van der Waals surface area (Å²) in [5, 5.41) is 5.74. The minimum Gasteiger partial charge on any atom is -0.352 e. The third kappa shape index (κ3) is 3.48. The molecular formula is C11H19N3O2. The molecule has 0 aliphatic heterocycles. The summed E-state index contributed by atoms with van der Waals surface area (Å²) in [6, 6.07) is 0.828. The van der Waals surface area contributed by atoms with Gasteiger partial charge in [-0.2, -0.15) is 0 Å². The van der Waals surface area contributed by atoms with Crippen LogP contribution in [0.5, 0.6) is 0 Å². The van der Waals surface area contributed by atoms with Crippen LogP contribution in [-0.2, 0) is 9.59 Å². The summed E-state index contributed by atoms with van der Waals surface area (Å²) in [6.45, 7) is 0.492. The van der Waals surface area contributed by atoms with Crippen LogP contribution in [0.4, 0.5) is 0 Å². The van der Waals surface area contributed by atoms with Crippen LogP contribution in [0.15, 0.2) is 0 Å². The molecule has 0 bridgehead atoms. The summed E-state index contributed by atoms with van der Waals surface area (Å²) < 4.78 is 0. The molecule has 2 saturated carbocycles. The van der Waals surface area contributed by atoms with Crippen LogP contribution < -0.4 is 10.6 Å². The average molecular weight is 225 g/mol. The topological polar surface area (TPSA) is 61.4 Å². The normalized spacial score (nSPS) is 19.3. The number of nitrogens with one attached hydrogen (secondary N) is 2. The van der Waals surface area contributed by atoms with Crippen molar-refractivity contribution >= 4 is 11.8 Å². The van der Waals surface area contributed by atoms with E-state index in [9.17, 15) is 9.59 Å². The Kier molecular flexibility index (Phi) is 3.43. The first-order valence-corrected chi connectivity index (χ1v) is 5.92. The van der Waals surface area contributed by atoms with E-state index in [0.29, 0.717) is 12.1 Å². The SMILES string of the molecule is CN(C(=O)CNCC(=O)NC1CC1)C1CC1. The van der Waals surface area contributed by atoms with E-state index in [1.165, 1.54) is 0 Å². The van der Waals surface area contributed by atoms with Gasteiger partial charge in [0, 0.05) is 19.1 Å². The zero-order valence-corrected chi connectivity index (χ0v) is 9.66. The van der Waals surface area contributed by atoms with Crippen molar-refractivity contribution < 1.29 is 9.59 Å². The van der Waals surface area contributed by atoms with E-state index in [-0.39, 0.29) is 24.9 Å². The second-order valence-electron chi connectivity index (χ2n) is 4.68. The van der Waals surface area contributed by atoms with E-state index in [4.69, 9.17) is 0 Å². The van der Waals surface area contributed by atoms with Crippen LogP contribution in [0, 0.1) is 0 Å². The molecule has 0 aromatic rings. The maximum absolute atomic E-state index is 11.6. The second-order valence-corrected chi connectivity index (χ2v) is 4.68. The standard InChI is InChI=1S/C11H19N3O2/c1-14(9-4-5-9)11(16)7-12-6-10(15)13-8-2-3-8/h8-9,12H,2-7H2,1H3,(H,13,15).